The summed E-state index contributed by atoms with van der Waals surface area (Å²) in [5.74, 6) is -0.565. The molecule has 3 heterocycles. The summed E-state index contributed by atoms with van der Waals surface area (Å²) in [6, 6.07) is 16.1. The van der Waals surface area contributed by atoms with Crippen LogP contribution in [0.2, 0.25) is 0 Å². The molecule has 7 rings (SSSR count). The number of nitrogens with one attached hydrogen (secondary N) is 2. The van der Waals surface area contributed by atoms with Crippen molar-refractivity contribution < 1.29 is 23.9 Å². The number of nitrogens with zero attached hydrogens (tertiary/aromatic N) is 1. The van der Waals surface area contributed by atoms with Crippen LogP contribution in [0.1, 0.15) is 64.2 Å². The smallest absolute Gasteiger partial charge is 0.246 e. The molecule has 4 fully saturated rings. The van der Waals surface area contributed by atoms with E-state index in [-0.39, 0.29) is 29.8 Å². The minimum atomic E-state index is -1.12. The predicted octanol–water partition coefficient (Wildman–Crippen LogP) is 5.35. The molecule has 2 N–H and O–H groups in total. The number of ether oxygens (including phenoxy) is 2. The molecule has 2 saturated carbocycles. The number of carbonyl (C=O) groups excluding carboxylic acids is 3. The van der Waals surface area contributed by atoms with Gasteiger partial charge in [0.2, 0.25) is 17.7 Å². The van der Waals surface area contributed by atoms with Crippen molar-refractivity contribution in [3.8, 4) is 11.5 Å². The van der Waals surface area contributed by atoms with Crippen molar-refractivity contribution in [1.82, 2.24) is 10.2 Å². The highest BCUT2D eigenvalue weighted by Gasteiger charge is 2.73. The highest BCUT2D eigenvalue weighted by atomic mass is 16.5. The van der Waals surface area contributed by atoms with E-state index in [2.05, 4.69) is 10.6 Å². The van der Waals surface area contributed by atoms with Crippen molar-refractivity contribution in [1.29, 1.82) is 0 Å². The molecule has 2 aromatic carbocycles. The number of likely N-dealkylation sites (tertiary alicyclic amines) is 1. The first-order chi connectivity index (χ1) is 20.5. The molecule has 0 unspecified atom stereocenters. The number of fused-ring (bicyclic) bond motifs is 1. The van der Waals surface area contributed by atoms with Gasteiger partial charge >= 0.3 is 0 Å². The van der Waals surface area contributed by atoms with Crippen LogP contribution in [0.5, 0.6) is 11.5 Å². The Labute approximate surface area is 246 Å². The fraction of sp³-hybridized carbons (Fsp3) is 0.500. The van der Waals surface area contributed by atoms with E-state index >= 15 is 0 Å². The lowest BCUT2D eigenvalue weighted by Gasteiger charge is -2.39. The van der Waals surface area contributed by atoms with Gasteiger partial charge in [0.25, 0.3) is 0 Å². The summed E-state index contributed by atoms with van der Waals surface area (Å²) in [5, 5.41) is 6.30. The van der Waals surface area contributed by atoms with Gasteiger partial charge in [-0.3, -0.25) is 14.4 Å². The van der Waals surface area contributed by atoms with Crippen LogP contribution >= 0.6 is 0 Å². The van der Waals surface area contributed by atoms with E-state index in [0.717, 1.165) is 63.5 Å². The van der Waals surface area contributed by atoms with E-state index in [1.807, 2.05) is 47.4 Å². The lowest BCUT2D eigenvalue weighted by Crippen LogP contribution is -2.58. The number of benzene rings is 2. The zero-order valence-electron chi connectivity index (χ0n) is 23.9. The topological polar surface area (TPSA) is 97.0 Å². The second kappa shape index (κ2) is 11.2. The number of carbonyl (C=O) groups is 3. The zero-order chi connectivity index (χ0) is 28.7. The minimum Gasteiger partial charge on any atom is -0.457 e. The van der Waals surface area contributed by atoms with Crippen LogP contribution in [0.4, 0.5) is 5.69 Å². The van der Waals surface area contributed by atoms with Crippen molar-refractivity contribution in [3.63, 3.8) is 0 Å². The highest BCUT2D eigenvalue weighted by Crippen LogP contribution is 2.56. The minimum absolute atomic E-state index is 0.00903. The summed E-state index contributed by atoms with van der Waals surface area (Å²) in [6.07, 6.45) is 13.6. The van der Waals surface area contributed by atoms with Crippen molar-refractivity contribution in [2.24, 2.45) is 11.8 Å². The molecule has 5 atom stereocenters. The summed E-state index contributed by atoms with van der Waals surface area (Å²) in [5.41, 5.74) is -0.504. The molecule has 1 spiro atoms. The maximum absolute atomic E-state index is 14.3. The van der Waals surface area contributed by atoms with Gasteiger partial charge < -0.3 is 25.0 Å². The summed E-state index contributed by atoms with van der Waals surface area (Å²) < 4.78 is 12.4. The summed E-state index contributed by atoms with van der Waals surface area (Å²) in [6.45, 7) is 0. The Morgan fingerprint density at radius 1 is 0.833 bits per heavy atom. The third-order valence-corrected chi connectivity index (χ3v) is 9.88. The number of hydrogen-bond acceptors (Lipinski definition) is 5. The standard InChI is InChI=1S/C34H39N3O5/c38-31(35-23-16-18-26(19-17-23)41-25-14-8-3-9-15-25)28-27-20-21-34(42-27)29(28)33(40)37(24-12-6-2-7-13-24)30(34)32(39)36-22-10-4-1-5-11-22/h3,8-9,14-22,24,27-30H,1-2,4-7,10-13H2,(H,35,38)(H,36,39)/t27-,28-,29-,30+,34-/m1/s1. The molecule has 8 heteroatoms. The molecule has 220 valence electrons. The largest absolute Gasteiger partial charge is 0.457 e. The molecule has 8 nitrogen and oxygen atoms in total. The van der Waals surface area contributed by atoms with Gasteiger partial charge in [-0.2, -0.15) is 0 Å². The molecule has 0 aromatic heterocycles. The van der Waals surface area contributed by atoms with Gasteiger partial charge in [0.1, 0.15) is 23.1 Å². The Kier molecular flexibility index (Phi) is 7.26. The molecule has 0 radical (unpaired) electrons. The molecule has 3 aliphatic heterocycles. The van der Waals surface area contributed by atoms with Crippen LogP contribution in [0.25, 0.3) is 0 Å². The van der Waals surface area contributed by atoms with Gasteiger partial charge in [-0.25, -0.2) is 0 Å². The average Bonchev–Trinajstić information content (AvgIpc) is 3.67. The maximum atomic E-state index is 14.3. The maximum Gasteiger partial charge on any atom is 0.246 e. The van der Waals surface area contributed by atoms with E-state index in [1.54, 1.807) is 24.3 Å². The second-order valence-corrected chi connectivity index (χ2v) is 12.5. The van der Waals surface area contributed by atoms with E-state index < -0.39 is 29.6 Å². The lowest BCUT2D eigenvalue weighted by molar-refractivity contribution is -0.144. The molecule has 5 aliphatic rings. The van der Waals surface area contributed by atoms with Gasteiger partial charge in [0.15, 0.2) is 0 Å². The fourth-order valence-corrected chi connectivity index (χ4v) is 7.94. The molecule has 2 aromatic rings. The number of rotatable bonds is 7. The highest BCUT2D eigenvalue weighted by molar-refractivity contribution is 6.03. The predicted molar refractivity (Wildman–Crippen MR) is 158 cm³/mol. The first-order valence-corrected chi connectivity index (χ1v) is 15.7. The summed E-state index contributed by atoms with van der Waals surface area (Å²) in [4.78, 5) is 44.0. The molecule has 2 bridgehead atoms. The van der Waals surface area contributed by atoms with Crippen LogP contribution in [-0.2, 0) is 19.1 Å². The van der Waals surface area contributed by atoms with E-state index in [0.29, 0.717) is 11.4 Å². The van der Waals surface area contributed by atoms with Crippen LogP contribution < -0.4 is 15.4 Å². The fourth-order valence-electron chi connectivity index (χ4n) is 7.94. The quantitative estimate of drug-likeness (QED) is 0.439. The van der Waals surface area contributed by atoms with Gasteiger partial charge in [-0.1, -0.05) is 68.9 Å². The van der Waals surface area contributed by atoms with Gasteiger partial charge in [-0.15, -0.1) is 0 Å². The van der Waals surface area contributed by atoms with Gasteiger partial charge in [0.05, 0.1) is 17.9 Å². The number of amides is 3. The average molecular weight is 570 g/mol. The van der Waals surface area contributed by atoms with Crippen LogP contribution in [0, 0.1) is 11.8 Å². The third kappa shape index (κ3) is 4.79. The van der Waals surface area contributed by atoms with Crippen molar-refractivity contribution >= 4 is 23.4 Å². The monoisotopic (exact) mass is 569 g/mol. The Balaban J connectivity index is 1.12. The number of hydrogen-bond donors (Lipinski definition) is 2. The third-order valence-electron chi connectivity index (χ3n) is 9.88. The van der Waals surface area contributed by atoms with E-state index in [9.17, 15) is 14.4 Å². The summed E-state index contributed by atoms with van der Waals surface area (Å²) >= 11 is 0. The van der Waals surface area contributed by atoms with Crippen molar-refractivity contribution in [2.75, 3.05) is 5.32 Å². The van der Waals surface area contributed by atoms with Crippen molar-refractivity contribution in [2.45, 2.75) is 94.0 Å². The second-order valence-electron chi connectivity index (χ2n) is 12.5. The molecule has 2 aliphatic carbocycles. The molecule has 42 heavy (non-hydrogen) atoms. The van der Waals surface area contributed by atoms with E-state index in [1.165, 1.54) is 6.42 Å². The van der Waals surface area contributed by atoms with Crippen LogP contribution in [-0.4, -0.2) is 52.5 Å². The van der Waals surface area contributed by atoms with Crippen LogP contribution in [0.15, 0.2) is 66.7 Å². The van der Waals surface area contributed by atoms with E-state index in [4.69, 9.17) is 9.47 Å². The Bertz CT molecular complexity index is 1350. The first kappa shape index (κ1) is 27.2. The Morgan fingerprint density at radius 3 is 2.21 bits per heavy atom. The number of anilines is 1. The van der Waals surface area contributed by atoms with Gasteiger partial charge in [-0.05, 0) is 62.1 Å². The Hall–Kier alpha value is -3.65. The molecular weight excluding hydrogens is 530 g/mol. The lowest BCUT2D eigenvalue weighted by atomic mass is 9.74. The Morgan fingerprint density at radius 2 is 1.50 bits per heavy atom. The van der Waals surface area contributed by atoms with Crippen molar-refractivity contribution in [3.05, 3.63) is 66.7 Å². The van der Waals surface area contributed by atoms with Crippen LogP contribution in [0.3, 0.4) is 0 Å². The first-order valence-electron chi connectivity index (χ1n) is 15.7. The zero-order valence-corrected chi connectivity index (χ0v) is 23.9. The summed E-state index contributed by atoms with van der Waals surface area (Å²) in [7, 11) is 0. The number of para-hydroxylation sites is 1. The molecule has 2 saturated heterocycles. The normalized spacial score (nSPS) is 30.8. The molecular formula is C34H39N3O5. The molecule has 3 amide bonds. The SMILES string of the molecule is O=C(Nc1ccc(Oc2ccccc2)cc1)[C@@H]1[C@H]2C=C[C@]3(O2)[C@H](C(=O)NC2CCCCC2)N(C2CCCCC2)C(=O)[C@@H]13. The van der Waals surface area contributed by atoms with Gasteiger partial charge in [0, 0.05) is 17.8 Å².